The lowest BCUT2D eigenvalue weighted by Gasteiger charge is -2.31. The molecule has 0 aliphatic carbocycles. The Labute approximate surface area is 158 Å². The van der Waals surface area contributed by atoms with Crippen molar-refractivity contribution in [2.24, 2.45) is 0 Å². The molecule has 2 saturated heterocycles. The van der Waals surface area contributed by atoms with Crippen molar-refractivity contribution in [2.45, 2.75) is 38.0 Å². The van der Waals surface area contributed by atoms with Gasteiger partial charge in [-0.05, 0) is 37.5 Å². The van der Waals surface area contributed by atoms with Crippen LogP contribution in [0.3, 0.4) is 0 Å². The fourth-order valence-electron chi connectivity index (χ4n) is 4.21. The van der Waals surface area contributed by atoms with Gasteiger partial charge >= 0.3 is 0 Å². The Morgan fingerprint density at radius 2 is 2.07 bits per heavy atom. The summed E-state index contributed by atoms with van der Waals surface area (Å²) in [5.41, 5.74) is 1.24. The minimum absolute atomic E-state index is 0.259. The number of hydrogen-bond donors (Lipinski definition) is 0. The summed E-state index contributed by atoms with van der Waals surface area (Å²) in [6.45, 7) is 4.44. The molecule has 5 rings (SSSR count). The van der Waals surface area contributed by atoms with Crippen LogP contribution in [0.25, 0.3) is 10.9 Å². The number of rotatable bonds is 5. The molecule has 0 N–H and O–H groups in total. The molecule has 1 aromatic carbocycles. The highest BCUT2D eigenvalue weighted by Gasteiger charge is 2.23. The van der Waals surface area contributed by atoms with Gasteiger partial charge in [0.25, 0.3) is 0 Å². The van der Waals surface area contributed by atoms with Crippen LogP contribution < -0.4 is 4.74 Å². The van der Waals surface area contributed by atoms with Crippen LogP contribution >= 0.6 is 0 Å². The maximum absolute atomic E-state index is 6.42. The van der Waals surface area contributed by atoms with Crippen LogP contribution in [0, 0.1) is 0 Å². The van der Waals surface area contributed by atoms with Gasteiger partial charge in [0.15, 0.2) is 0 Å². The maximum atomic E-state index is 6.42. The van der Waals surface area contributed by atoms with E-state index in [1.165, 1.54) is 10.9 Å². The molecule has 0 saturated carbocycles. The summed E-state index contributed by atoms with van der Waals surface area (Å²) in [5.74, 6) is 1.78. The van der Waals surface area contributed by atoms with Crippen molar-refractivity contribution in [1.82, 2.24) is 14.5 Å². The number of benzene rings is 1. The first-order chi connectivity index (χ1) is 13.4. The molecule has 27 heavy (non-hydrogen) atoms. The molecule has 4 heterocycles. The van der Waals surface area contributed by atoms with E-state index in [1.54, 1.807) is 12.5 Å². The third-order valence-corrected chi connectivity index (χ3v) is 5.69. The standard InChI is InChI=1S/C21H25N3O3/c1-2-19-18(6-11-24(19)16-7-12-25-15-16)20(3-1)27-17-4-9-23(10-5-17)14-21-22-8-13-26-21/h1-3,6,8,11,13,16-17H,4-5,7,9-10,12,14-15H2. The van der Waals surface area contributed by atoms with E-state index in [0.717, 1.165) is 63.8 Å². The second-order valence-electron chi connectivity index (χ2n) is 7.45. The third kappa shape index (κ3) is 3.47. The monoisotopic (exact) mass is 367 g/mol. The fourth-order valence-corrected chi connectivity index (χ4v) is 4.21. The normalized spacial score (nSPS) is 21.9. The lowest BCUT2D eigenvalue weighted by Crippen LogP contribution is -2.37. The van der Waals surface area contributed by atoms with Crippen LogP contribution in [0.2, 0.25) is 0 Å². The lowest BCUT2D eigenvalue weighted by molar-refractivity contribution is 0.0929. The smallest absolute Gasteiger partial charge is 0.208 e. The van der Waals surface area contributed by atoms with E-state index < -0.39 is 0 Å². The molecule has 2 fully saturated rings. The zero-order valence-corrected chi connectivity index (χ0v) is 15.4. The van der Waals surface area contributed by atoms with Gasteiger partial charge in [-0.25, -0.2) is 4.98 Å². The lowest BCUT2D eigenvalue weighted by atomic mass is 10.1. The van der Waals surface area contributed by atoms with E-state index in [2.05, 4.69) is 44.9 Å². The highest BCUT2D eigenvalue weighted by Crippen LogP contribution is 2.32. The fraction of sp³-hybridized carbons (Fsp3) is 0.476. The predicted octanol–water partition coefficient (Wildman–Crippen LogP) is 3.63. The molecule has 6 nitrogen and oxygen atoms in total. The van der Waals surface area contributed by atoms with Gasteiger partial charge in [-0.3, -0.25) is 4.90 Å². The molecule has 0 radical (unpaired) electrons. The van der Waals surface area contributed by atoms with Crippen molar-refractivity contribution in [3.8, 4) is 5.75 Å². The Morgan fingerprint density at radius 3 is 2.85 bits per heavy atom. The molecule has 1 atom stereocenters. The largest absolute Gasteiger partial charge is 0.490 e. The Kier molecular flexibility index (Phi) is 4.59. The van der Waals surface area contributed by atoms with Crippen LogP contribution in [0.4, 0.5) is 0 Å². The minimum Gasteiger partial charge on any atom is -0.490 e. The van der Waals surface area contributed by atoms with E-state index in [0.29, 0.717) is 6.04 Å². The number of ether oxygens (including phenoxy) is 2. The number of fused-ring (bicyclic) bond motifs is 1. The van der Waals surface area contributed by atoms with Crippen LogP contribution in [0.5, 0.6) is 5.75 Å². The van der Waals surface area contributed by atoms with Gasteiger partial charge < -0.3 is 18.5 Å². The van der Waals surface area contributed by atoms with E-state index in [4.69, 9.17) is 13.9 Å². The average Bonchev–Trinajstić information content (AvgIpc) is 3.45. The van der Waals surface area contributed by atoms with Crippen molar-refractivity contribution < 1.29 is 13.9 Å². The summed E-state index contributed by atoms with van der Waals surface area (Å²) in [5, 5.41) is 1.20. The van der Waals surface area contributed by atoms with Crippen molar-refractivity contribution in [3.05, 3.63) is 48.8 Å². The molecule has 142 valence electrons. The van der Waals surface area contributed by atoms with Crippen LogP contribution in [0.1, 0.15) is 31.2 Å². The number of piperidine rings is 1. The number of aromatic nitrogens is 2. The zero-order chi connectivity index (χ0) is 18.1. The highest BCUT2D eigenvalue weighted by atomic mass is 16.5. The van der Waals surface area contributed by atoms with E-state index in [9.17, 15) is 0 Å². The second-order valence-corrected chi connectivity index (χ2v) is 7.45. The summed E-state index contributed by atoms with van der Waals surface area (Å²) < 4.78 is 19.7. The van der Waals surface area contributed by atoms with Crippen LogP contribution in [-0.4, -0.2) is 46.9 Å². The summed E-state index contributed by atoms with van der Waals surface area (Å²) in [6.07, 6.45) is 8.90. The molecular formula is C21H25N3O3. The van der Waals surface area contributed by atoms with Crippen LogP contribution in [-0.2, 0) is 11.3 Å². The molecular weight excluding hydrogens is 342 g/mol. The topological polar surface area (TPSA) is 52.7 Å². The quantitative estimate of drug-likeness (QED) is 0.689. The van der Waals surface area contributed by atoms with E-state index >= 15 is 0 Å². The Bertz CT molecular complexity index is 875. The van der Waals surface area contributed by atoms with Gasteiger partial charge in [0.05, 0.1) is 30.9 Å². The van der Waals surface area contributed by atoms with Crippen LogP contribution in [0.15, 0.2) is 47.3 Å². The number of nitrogens with zero attached hydrogens (tertiary/aromatic N) is 3. The molecule has 0 amide bonds. The van der Waals surface area contributed by atoms with E-state index in [1.807, 2.05) is 0 Å². The molecule has 6 heteroatoms. The van der Waals surface area contributed by atoms with Gasteiger partial charge in [-0.1, -0.05) is 6.07 Å². The molecule has 2 aromatic heterocycles. The Balaban J connectivity index is 1.25. The van der Waals surface area contributed by atoms with Gasteiger partial charge in [-0.15, -0.1) is 0 Å². The Morgan fingerprint density at radius 1 is 1.15 bits per heavy atom. The summed E-state index contributed by atoms with van der Waals surface area (Å²) in [4.78, 5) is 6.59. The SMILES string of the molecule is c1cc(OC2CCN(Cc3ncco3)CC2)c2ccn(C3CCOC3)c2c1. The summed E-state index contributed by atoms with van der Waals surface area (Å²) >= 11 is 0. The third-order valence-electron chi connectivity index (χ3n) is 5.69. The first kappa shape index (κ1) is 16.8. The first-order valence-corrected chi connectivity index (χ1v) is 9.81. The molecule has 0 spiro atoms. The number of likely N-dealkylation sites (tertiary alicyclic amines) is 1. The second kappa shape index (κ2) is 7.37. The maximum Gasteiger partial charge on any atom is 0.208 e. The minimum atomic E-state index is 0.259. The van der Waals surface area contributed by atoms with E-state index in [-0.39, 0.29) is 6.10 Å². The van der Waals surface area contributed by atoms with Gasteiger partial charge in [0.1, 0.15) is 18.1 Å². The molecule has 2 aliphatic heterocycles. The summed E-state index contributed by atoms with van der Waals surface area (Å²) in [6, 6.07) is 9.00. The Hall–Kier alpha value is -2.31. The van der Waals surface area contributed by atoms with Gasteiger partial charge in [0.2, 0.25) is 5.89 Å². The highest BCUT2D eigenvalue weighted by molar-refractivity contribution is 5.86. The molecule has 2 aliphatic rings. The van der Waals surface area contributed by atoms with Crippen molar-refractivity contribution in [3.63, 3.8) is 0 Å². The predicted molar refractivity (Wildman–Crippen MR) is 102 cm³/mol. The zero-order valence-electron chi connectivity index (χ0n) is 15.4. The van der Waals surface area contributed by atoms with Crippen molar-refractivity contribution >= 4 is 10.9 Å². The molecule has 3 aromatic rings. The molecule has 0 bridgehead atoms. The van der Waals surface area contributed by atoms with Gasteiger partial charge in [0, 0.05) is 31.3 Å². The summed E-state index contributed by atoms with van der Waals surface area (Å²) in [7, 11) is 0. The van der Waals surface area contributed by atoms with Gasteiger partial charge in [-0.2, -0.15) is 0 Å². The van der Waals surface area contributed by atoms with Crippen molar-refractivity contribution in [2.75, 3.05) is 26.3 Å². The first-order valence-electron chi connectivity index (χ1n) is 9.81. The average molecular weight is 367 g/mol. The molecule has 1 unspecified atom stereocenters. The number of hydrogen-bond acceptors (Lipinski definition) is 5. The van der Waals surface area contributed by atoms with Crippen molar-refractivity contribution in [1.29, 1.82) is 0 Å². The number of oxazole rings is 1.